The van der Waals surface area contributed by atoms with E-state index in [-0.39, 0.29) is 29.4 Å². The van der Waals surface area contributed by atoms with Crippen LogP contribution in [-0.4, -0.2) is 34.2 Å². The molecule has 0 aliphatic heterocycles. The third kappa shape index (κ3) is 5.47. The third-order valence-corrected chi connectivity index (χ3v) is 6.45. The maximum atomic E-state index is 11.5. The van der Waals surface area contributed by atoms with Gasteiger partial charge in [-0.15, -0.1) is 24.0 Å². The Morgan fingerprint density at radius 2 is 1.68 bits per heavy atom. The summed E-state index contributed by atoms with van der Waals surface area (Å²) >= 11 is 0. The second kappa shape index (κ2) is 9.73. The van der Waals surface area contributed by atoms with Crippen molar-refractivity contribution in [2.75, 3.05) is 19.8 Å². The van der Waals surface area contributed by atoms with Crippen LogP contribution in [-0.2, 0) is 21.8 Å². The molecule has 0 spiro atoms. The molecule has 1 fully saturated rings. The Labute approximate surface area is 185 Å². The third-order valence-electron chi connectivity index (χ3n) is 5.33. The first-order valence-electron chi connectivity index (χ1n) is 9.22. The van der Waals surface area contributed by atoms with E-state index < -0.39 is 9.84 Å². The van der Waals surface area contributed by atoms with E-state index >= 15 is 0 Å². The minimum Gasteiger partial charge on any atom is -0.356 e. The summed E-state index contributed by atoms with van der Waals surface area (Å²) in [5.41, 5.74) is 2.58. The molecule has 0 heterocycles. The van der Waals surface area contributed by atoms with Crippen molar-refractivity contribution in [3.63, 3.8) is 0 Å². The quantitative estimate of drug-likeness (QED) is 0.353. The molecule has 2 N–H and O–H groups in total. The first-order chi connectivity index (χ1) is 12.9. The van der Waals surface area contributed by atoms with Crippen molar-refractivity contribution in [1.29, 1.82) is 0 Å². The lowest BCUT2D eigenvalue weighted by atomic mass is 9.64. The fourth-order valence-electron chi connectivity index (χ4n) is 3.48. The first kappa shape index (κ1) is 22.7. The molecule has 28 heavy (non-hydrogen) atoms. The standard InChI is InChI=1S/C21H27N3O2S.HI/c1-22-20(23-15-17-9-11-19(12-10-17)27(2,25)26)24-16-21(13-6-14-21)18-7-4-3-5-8-18;/h3-5,7-12H,6,13-16H2,1-2H3,(H2,22,23,24);1H. The molecule has 3 rings (SSSR count). The van der Waals surface area contributed by atoms with Gasteiger partial charge in [0.15, 0.2) is 15.8 Å². The molecular formula is C21H28IN3O2S. The Kier molecular flexibility index (Phi) is 7.88. The maximum Gasteiger partial charge on any atom is 0.191 e. The van der Waals surface area contributed by atoms with Gasteiger partial charge in [0.1, 0.15) is 0 Å². The van der Waals surface area contributed by atoms with Crippen LogP contribution in [0.4, 0.5) is 0 Å². The van der Waals surface area contributed by atoms with E-state index in [0.29, 0.717) is 11.4 Å². The summed E-state index contributed by atoms with van der Waals surface area (Å²) < 4.78 is 23.1. The Morgan fingerprint density at radius 1 is 1.04 bits per heavy atom. The van der Waals surface area contributed by atoms with Crippen molar-refractivity contribution in [1.82, 2.24) is 10.6 Å². The lowest BCUT2D eigenvalue weighted by Gasteiger charge is -2.43. The smallest absolute Gasteiger partial charge is 0.191 e. The zero-order chi connectivity index (χ0) is 19.3. The van der Waals surface area contributed by atoms with Gasteiger partial charge in [-0.3, -0.25) is 4.99 Å². The van der Waals surface area contributed by atoms with Gasteiger partial charge in [-0.25, -0.2) is 8.42 Å². The molecule has 1 aliphatic carbocycles. The summed E-state index contributed by atoms with van der Waals surface area (Å²) in [5, 5.41) is 6.77. The Hall–Kier alpha value is -1.61. The SMILES string of the molecule is CN=C(NCc1ccc(S(C)(=O)=O)cc1)NCC1(c2ccccc2)CCC1.I. The molecule has 0 bridgehead atoms. The van der Waals surface area contributed by atoms with Crippen molar-refractivity contribution in [2.24, 2.45) is 4.99 Å². The summed E-state index contributed by atoms with van der Waals surface area (Å²) in [5.74, 6) is 0.754. The van der Waals surface area contributed by atoms with Crippen LogP contribution in [0.1, 0.15) is 30.4 Å². The number of aliphatic imine (C=N–C) groups is 1. The highest BCUT2D eigenvalue weighted by Crippen LogP contribution is 2.43. The summed E-state index contributed by atoms with van der Waals surface area (Å²) in [6.45, 7) is 1.44. The first-order valence-corrected chi connectivity index (χ1v) is 11.1. The number of hydrogen-bond donors (Lipinski definition) is 2. The molecule has 1 aliphatic rings. The van der Waals surface area contributed by atoms with Gasteiger partial charge in [0.2, 0.25) is 0 Å². The number of nitrogens with one attached hydrogen (secondary N) is 2. The zero-order valence-corrected chi connectivity index (χ0v) is 19.5. The average Bonchev–Trinajstić information content (AvgIpc) is 2.64. The lowest BCUT2D eigenvalue weighted by Crippen LogP contribution is -2.48. The minimum atomic E-state index is -3.16. The predicted molar refractivity (Wildman–Crippen MR) is 125 cm³/mol. The number of guanidine groups is 1. The number of rotatable bonds is 6. The highest BCUT2D eigenvalue weighted by molar-refractivity contribution is 14.0. The summed E-state index contributed by atoms with van der Waals surface area (Å²) in [4.78, 5) is 4.65. The van der Waals surface area contributed by atoms with Crippen molar-refractivity contribution < 1.29 is 8.42 Å². The number of hydrogen-bond acceptors (Lipinski definition) is 3. The van der Waals surface area contributed by atoms with E-state index in [4.69, 9.17) is 0 Å². The van der Waals surface area contributed by atoms with Crippen LogP contribution >= 0.6 is 24.0 Å². The van der Waals surface area contributed by atoms with Gasteiger partial charge in [-0.1, -0.05) is 48.9 Å². The van der Waals surface area contributed by atoms with Gasteiger partial charge in [-0.05, 0) is 36.1 Å². The van der Waals surface area contributed by atoms with E-state index in [1.54, 1.807) is 19.2 Å². The van der Waals surface area contributed by atoms with Crippen molar-refractivity contribution >= 4 is 39.8 Å². The van der Waals surface area contributed by atoms with Gasteiger partial charge in [0.05, 0.1) is 4.90 Å². The number of halogens is 1. The Balaban J connectivity index is 0.00000280. The fourth-order valence-corrected chi connectivity index (χ4v) is 4.11. The second-order valence-electron chi connectivity index (χ2n) is 7.20. The van der Waals surface area contributed by atoms with E-state index in [9.17, 15) is 8.42 Å². The van der Waals surface area contributed by atoms with Crippen LogP contribution in [0.3, 0.4) is 0 Å². The van der Waals surface area contributed by atoms with E-state index in [0.717, 1.165) is 18.1 Å². The van der Waals surface area contributed by atoms with Crippen LogP contribution in [0.2, 0.25) is 0 Å². The molecule has 0 unspecified atom stereocenters. The summed E-state index contributed by atoms with van der Waals surface area (Å²) in [6.07, 6.45) is 4.85. The molecule has 152 valence electrons. The molecule has 0 amide bonds. The van der Waals surface area contributed by atoms with Gasteiger partial charge < -0.3 is 10.6 Å². The molecule has 0 aromatic heterocycles. The molecule has 0 radical (unpaired) electrons. The van der Waals surface area contributed by atoms with Crippen LogP contribution < -0.4 is 10.6 Å². The lowest BCUT2D eigenvalue weighted by molar-refractivity contribution is 0.244. The van der Waals surface area contributed by atoms with Crippen LogP contribution in [0.15, 0.2) is 64.5 Å². The Bertz CT molecular complexity index is 893. The number of benzene rings is 2. The molecular weight excluding hydrogens is 485 g/mol. The average molecular weight is 513 g/mol. The normalized spacial score (nSPS) is 15.9. The van der Waals surface area contributed by atoms with Gasteiger partial charge in [0, 0.05) is 31.8 Å². The highest BCUT2D eigenvalue weighted by Gasteiger charge is 2.38. The minimum absolute atomic E-state index is 0. The zero-order valence-electron chi connectivity index (χ0n) is 16.3. The van der Waals surface area contributed by atoms with Crippen LogP contribution in [0.5, 0.6) is 0 Å². The van der Waals surface area contributed by atoms with Crippen LogP contribution in [0, 0.1) is 0 Å². The van der Waals surface area contributed by atoms with Crippen molar-refractivity contribution in [3.05, 3.63) is 65.7 Å². The Morgan fingerprint density at radius 3 is 2.18 bits per heavy atom. The molecule has 2 aromatic carbocycles. The van der Waals surface area contributed by atoms with Crippen LogP contribution in [0.25, 0.3) is 0 Å². The predicted octanol–water partition coefficient (Wildman–Crippen LogP) is 3.50. The molecule has 0 atom stereocenters. The second-order valence-corrected chi connectivity index (χ2v) is 9.21. The van der Waals surface area contributed by atoms with E-state index in [1.165, 1.54) is 31.1 Å². The van der Waals surface area contributed by atoms with E-state index in [1.807, 2.05) is 12.1 Å². The molecule has 2 aromatic rings. The fraction of sp³-hybridized carbons (Fsp3) is 0.381. The van der Waals surface area contributed by atoms with Gasteiger partial charge in [-0.2, -0.15) is 0 Å². The van der Waals surface area contributed by atoms with Crippen molar-refractivity contribution in [2.45, 2.75) is 36.1 Å². The highest BCUT2D eigenvalue weighted by atomic mass is 127. The molecule has 5 nitrogen and oxygen atoms in total. The number of nitrogens with zero attached hydrogens (tertiary/aromatic N) is 1. The van der Waals surface area contributed by atoms with Gasteiger partial charge >= 0.3 is 0 Å². The maximum absolute atomic E-state index is 11.5. The molecule has 1 saturated carbocycles. The number of sulfone groups is 1. The summed E-state index contributed by atoms with van der Waals surface area (Å²) in [7, 11) is -1.40. The molecule has 7 heteroatoms. The van der Waals surface area contributed by atoms with Gasteiger partial charge in [0.25, 0.3) is 0 Å². The topological polar surface area (TPSA) is 70.6 Å². The molecule has 0 saturated heterocycles. The largest absolute Gasteiger partial charge is 0.356 e. The monoisotopic (exact) mass is 513 g/mol. The van der Waals surface area contributed by atoms with E-state index in [2.05, 4.69) is 46.0 Å². The summed E-state index contributed by atoms with van der Waals surface area (Å²) in [6, 6.07) is 17.6. The van der Waals surface area contributed by atoms with Crippen molar-refractivity contribution in [3.8, 4) is 0 Å².